The van der Waals surface area contributed by atoms with E-state index in [0.717, 1.165) is 24.3 Å². The Bertz CT molecular complexity index is 429. The van der Waals surface area contributed by atoms with E-state index in [4.69, 9.17) is 0 Å². The molecule has 0 aromatic heterocycles. The van der Waals surface area contributed by atoms with Gasteiger partial charge in [-0.1, -0.05) is 25.0 Å². The number of benzene rings is 1. The normalized spacial score (nSPS) is 17.1. The van der Waals surface area contributed by atoms with E-state index in [-0.39, 0.29) is 11.4 Å². The van der Waals surface area contributed by atoms with Crippen LogP contribution in [0.15, 0.2) is 18.2 Å². The SMILES string of the molecule is CC(C)(C)NCc1cccc(F)c1N1CCCCCC1. The predicted molar refractivity (Wildman–Crippen MR) is 83.7 cm³/mol. The zero-order chi connectivity index (χ0) is 14.6. The maximum absolute atomic E-state index is 14.3. The van der Waals surface area contributed by atoms with Crippen LogP contribution in [-0.4, -0.2) is 18.6 Å². The van der Waals surface area contributed by atoms with Gasteiger partial charge in [0.15, 0.2) is 0 Å². The molecule has 20 heavy (non-hydrogen) atoms. The second kappa shape index (κ2) is 6.57. The van der Waals surface area contributed by atoms with Gasteiger partial charge in [0.2, 0.25) is 0 Å². The predicted octanol–water partition coefficient (Wildman–Crippen LogP) is 4.09. The molecule has 2 nitrogen and oxygen atoms in total. The quantitative estimate of drug-likeness (QED) is 0.895. The third-order valence-electron chi connectivity index (χ3n) is 3.80. The molecule has 2 rings (SSSR count). The van der Waals surface area contributed by atoms with E-state index in [9.17, 15) is 4.39 Å². The first-order valence-corrected chi connectivity index (χ1v) is 7.75. The first kappa shape index (κ1) is 15.3. The van der Waals surface area contributed by atoms with Crippen molar-refractivity contribution in [2.45, 2.75) is 58.5 Å². The molecule has 0 spiro atoms. The second-order valence-corrected chi connectivity index (χ2v) is 6.75. The Labute approximate surface area is 122 Å². The Hall–Kier alpha value is -1.09. The van der Waals surface area contributed by atoms with E-state index in [1.54, 1.807) is 6.07 Å². The molecular weight excluding hydrogens is 251 g/mol. The molecule has 0 amide bonds. The molecule has 1 aliphatic heterocycles. The molecule has 0 bridgehead atoms. The number of rotatable bonds is 3. The van der Waals surface area contributed by atoms with Gasteiger partial charge in [-0.05, 0) is 45.2 Å². The molecule has 1 aromatic rings. The van der Waals surface area contributed by atoms with E-state index in [0.29, 0.717) is 6.54 Å². The summed E-state index contributed by atoms with van der Waals surface area (Å²) in [7, 11) is 0. The molecule has 3 heteroatoms. The van der Waals surface area contributed by atoms with Crippen LogP contribution >= 0.6 is 0 Å². The van der Waals surface area contributed by atoms with Crippen LogP contribution in [0.2, 0.25) is 0 Å². The van der Waals surface area contributed by atoms with Crippen molar-refractivity contribution in [2.24, 2.45) is 0 Å². The molecule has 0 saturated carbocycles. The van der Waals surface area contributed by atoms with Crippen molar-refractivity contribution in [3.8, 4) is 0 Å². The minimum atomic E-state index is -0.0832. The number of nitrogens with one attached hydrogen (secondary N) is 1. The van der Waals surface area contributed by atoms with Gasteiger partial charge in [-0.3, -0.25) is 0 Å². The summed E-state index contributed by atoms with van der Waals surface area (Å²) in [6.45, 7) is 9.08. The molecule has 0 atom stereocenters. The first-order chi connectivity index (χ1) is 9.47. The fraction of sp³-hybridized carbons (Fsp3) is 0.647. The first-order valence-electron chi connectivity index (χ1n) is 7.75. The lowest BCUT2D eigenvalue weighted by atomic mass is 10.1. The van der Waals surface area contributed by atoms with E-state index >= 15 is 0 Å². The van der Waals surface area contributed by atoms with Gasteiger partial charge in [-0.25, -0.2) is 4.39 Å². The van der Waals surface area contributed by atoms with Crippen molar-refractivity contribution in [3.63, 3.8) is 0 Å². The van der Waals surface area contributed by atoms with Gasteiger partial charge >= 0.3 is 0 Å². The highest BCUT2D eigenvalue weighted by molar-refractivity contribution is 5.55. The van der Waals surface area contributed by atoms with Crippen LogP contribution in [0.25, 0.3) is 0 Å². The largest absolute Gasteiger partial charge is 0.369 e. The second-order valence-electron chi connectivity index (χ2n) is 6.75. The summed E-state index contributed by atoms with van der Waals surface area (Å²) in [5.41, 5.74) is 1.93. The minimum absolute atomic E-state index is 0.0440. The molecule has 0 unspecified atom stereocenters. The summed E-state index contributed by atoms with van der Waals surface area (Å²) in [5, 5.41) is 3.47. The summed E-state index contributed by atoms with van der Waals surface area (Å²) < 4.78 is 14.3. The number of hydrogen-bond acceptors (Lipinski definition) is 2. The number of nitrogens with zero attached hydrogens (tertiary/aromatic N) is 1. The van der Waals surface area contributed by atoms with Gasteiger partial charge in [0, 0.05) is 25.2 Å². The van der Waals surface area contributed by atoms with Crippen LogP contribution in [0.3, 0.4) is 0 Å². The topological polar surface area (TPSA) is 15.3 Å². The van der Waals surface area contributed by atoms with E-state index < -0.39 is 0 Å². The lowest BCUT2D eigenvalue weighted by Gasteiger charge is -2.28. The van der Waals surface area contributed by atoms with Crippen molar-refractivity contribution in [3.05, 3.63) is 29.6 Å². The molecule has 1 aromatic carbocycles. The van der Waals surface area contributed by atoms with Crippen LogP contribution in [0.1, 0.15) is 52.0 Å². The lowest BCUT2D eigenvalue weighted by Crippen LogP contribution is -2.36. The summed E-state index contributed by atoms with van der Waals surface area (Å²) in [5.74, 6) is -0.0832. The van der Waals surface area contributed by atoms with Crippen LogP contribution in [0, 0.1) is 5.82 Å². The fourth-order valence-electron chi connectivity index (χ4n) is 2.71. The van der Waals surface area contributed by atoms with Crippen LogP contribution < -0.4 is 10.2 Å². The number of hydrogen-bond donors (Lipinski definition) is 1. The van der Waals surface area contributed by atoms with Gasteiger partial charge < -0.3 is 10.2 Å². The van der Waals surface area contributed by atoms with Gasteiger partial charge in [-0.2, -0.15) is 0 Å². The van der Waals surface area contributed by atoms with E-state index in [1.165, 1.54) is 25.7 Å². The molecule has 112 valence electrons. The molecule has 1 N–H and O–H groups in total. The van der Waals surface area contributed by atoms with Gasteiger partial charge in [0.25, 0.3) is 0 Å². The summed E-state index contributed by atoms with van der Waals surface area (Å²) in [4.78, 5) is 2.24. The zero-order valence-corrected chi connectivity index (χ0v) is 13.0. The van der Waals surface area contributed by atoms with Crippen molar-refractivity contribution in [2.75, 3.05) is 18.0 Å². The highest BCUT2D eigenvalue weighted by Gasteiger charge is 2.18. The Morgan fingerprint density at radius 1 is 1.10 bits per heavy atom. The maximum atomic E-state index is 14.3. The van der Waals surface area contributed by atoms with E-state index in [2.05, 4.69) is 31.0 Å². The van der Waals surface area contributed by atoms with Crippen LogP contribution in [0.5, 0.6) is 0 Å². The van der Waals surface area contributed by atoms with Crippen molar-refractivity contribution < 1.29 is 4.39 Å². The Morgan fingerprint density at radius 2 is 1.75 bits per heavy atom. The Kier molecular flexibility index (Phi) is 5.03. The zero-order valence-electron chi connectivity index (χ0n) is 13.0. The molecule has 1 fully saturated rings. The summed E-state index contributed by atoms with van der Waals surface area (Å²) in [6.07, 6.45) is 4.86. The van der Waals surface area contributed by atoms with Crippen LogP contribution in [-0.2, 0) is 6.54 Å². The highest BCUT2D eigenvalue weighted by Crippen LogP contribution is 2.27. The van der Waals surface area contributed by atoms with Crippen molar-refractivity contribution >= 4 is 5.69 Å². The number of halogens is 1. The molecular formula is C17H27FN2. The number of anilines is 1. The van der Waals surface area contributed by atoms with Gasteiger partial charge in [-0.15, -0.1) is 0 Å². The molecule has 0 aliphatic carbocycles. The Morgan fingerprint density at radius 3 is 2.35 bits per heavy atom. The molecule has 0 radical (unpaired) electrons. The monoisotopic (exact) mass is 278 g/mol. The Balaban J connectivity index is 2.21. The highest BCUT2D eigenvalue weighted by atomic mass is 19.1. The smallest absolute Gasteiger partial charge is 0.146 e. The maximum Gasteiger partial charge on any atom is 0.146 e. The summed E-state index contributed by atoms with van der Waals surface area (Å²) in [6, 6.07) is 5.44. The van der Waals surface area contributed by atoms with Crippen LogP contribution in [0.4, 0.5) is 10.1 Å². The standard InChI is InChI=1S/C17H27FN2/c1-17(2,3)19-13-14-9-8-10-15(18)16(14)20-11-6-4-5-7-12-20/h8-10,19H,4-7,11-13H2,1-3H3. The molecule has 1 saturated heterocycles. The van der Waals surface area contributed by atoms with E-state index in [1.807, 2.05) is 12.1 Å². The molecule has 1 aliphatic rings. The molecule has 1 heterocycles. The fourth-order valence-corrected chi connectivity index (χ4v) is 2.71. The minimum Gasteiger partial charge on any atom is -0.369 e. The van der Waals surface area contributed by atoms with Crippen molar-refractivity contribution in [1.82, 2.24) is 5.32 Å². The lowest BCUT2D eigenvalue weighted by molar-refractivity contribution is 0.423. The number of para-hydroxylation sites is 1. The van der Waals surface area contributed by atoms with Gasteiger partial charge in [0.05, 0.1) is 5.69 Å². The van der Waals surface area contributed by atoms with Crippen molar-refractivity contribution in [1.29, 1.82) is 0 Å². The van der Waals surface area contributed by atoms with Gasteiger partial charge in [0.1, 0.15) is 5.82 Å². The average molecular weight is 278 g/mol. The third-order valence-corrected chi connectivity index (χ3v) is 3.80. The third kappa shape index (κ3) is 4.20. The average Bonchev–Trinajstić information content (AvgIpc) is 2.64. The summed E-state index contributed by atoms with van der Waals surface area (Å²) >= 11 is 0.